The first-order valence-electron chi connectivity index (χ1n) is 13.7. The Morgan fingerprint density at radius 1 is 1.05 bits per heavy atom. The summed E-state index contributed by atoms with van der Waals surface area (Å²) in [6.07, 6.45) is -9.58. The molecule has 0 spiro atoms. The number of alkyl halides is 6. The van der Waals surface area contributed by atoms with Gasteiger partial charge in [-0.25, -0.2) is 8.42 Å². The van der Waals surface area contributed by atoms with Crippen molar-refractivity contribution in [2.24, 2.45) is 10.4 Å². The van der Waals surface area contributed by atoms with Gasteiger partial charge >= 0.3 is 12.4 Å². The number of nitrogens with one attached hydrogen (secondary N) is 1. The molecule has 2 aromatic rings. The molecule has 234 valence electrons. The van der Waals surface area contributed by atoms with Crippen molar-refractivity contribution in [3.05, 3.63) is 64.7 Å². The Morgan fingerprint density at radius 2 is 1.67 bits per heavy atom. The van der Waals surface area contributed by atoms with Crippen LogP contribution in [0.4, 0.5) is 26.3 Å². The number of carbonyl (C=O) groups excluding carboxylic acids is 1. The summed E-state index contributed by atoms with van der Waals surface area (Å²) in [6.45, 7) is 3.28. The molecule has 1 aliphatic heterocycles. The average Bonchev–Trinajstić information content (AvgIpc) is 3.15. The van der Waals surface area contributed by atoms with Crippen molar-refractivity contribution < 1.29 is 39.6 Å². The summed E-state index contributed by atoms with van der Waals surface area (Å²) in [5, 5.41) is 2.73. The van der Waals surface area contributed by atoms with Gasteiger partial charge in [0.15, 0.2) is 5.78 Å². The number of benzene rings is 2. The molecule has 2 bridgehead atoms. The highest BCUT2D eigenvalue weighted by molar-refractivity contribution is 7.89. The van der Waals surface area contributed by atoms with Crippen LogP contribution >= 0.6 is 11.6 Å². The van der Waals surface area contributed by atoms with Crippen molar-refractivity contribution in [1.29, 1.82) is 0 Å². The van der Waals surface area contributed by atoms with Crippen molar-refractivity contribution >= 4 is 33.2 Å². The summed E-state index contributed by atoms with van der Waals surface area (Å²) < 4.78 is 107. The zero-order chi connectivity index (χ0) is 31.6. The van der Waals surface area contributed by atoms with Crippen LogP contribution in [0.25, 0.3) is 0 Å². The number of Topliss-reactive ketones (excluding diaryl/α,β-unsaturated/α-hetero) is 1. The van der Waals surface area contributed by atoms with Gasteiger partial charge in [0.25, 0.3) is 0 Å². The molecule has 0 unspecified atom stereocenters. The maximum absolute atomic E-state index is 13.9. The predicted octanol–water partition coefficient (Wildman–Crippen LogP) is 6.92. The monoisotopic (exact) mass is 649 g/mol. The van der Waals surface area contributed by atoms with E-state index in [9.17, 15) is 39.6 Å². The molecule has 1 N–H and O–H groups in total. The molecule has 6 nitrogen and oxygen atoms in total. The maximum atomic E-state index is 13.9. The number of aliphatic imine (C=N–C) groups is 1. The first-order valence-corrected chi connectivity index (χ1v) is 15.5. The molecule has 3 aliphatic carbocycles. The van der Waals surface area contributed by atoms with Crippen LogP contribution < -0.4 is 5.32 Å². The van der Waals surface area contributed by atoms with E-state index in [1.165, 1.54) is 22.5 Å². The third-order valence-electron chi connectivity index (χ3n) is 8.60. The number of amidine groups is 1. The van der Waals surface area contributed by atoms with Gasteiger partial charge < -0.3 is 5.32 Å². The van der Waals surface area contributed by atoms with Crippen LogP contribution in [-0.4, -0.2) is 47.6 Å². The largest absolute Gasteiger partial charge is 0.417 e. The molecule has 1 atom stereocenters. The third-order valence-corrected chi connectivity index (χ3v) is 10.9. The zero-order valence-electron chi connectivity index (χ0n) is 23.3. The van der Waals surface area contributed by atoms with Gasteiger partial charge in [0.05, 0.1) is 21.0 Å². The van der Waals surface area contributed by atoms with Crippen molar-refractivity contribution in [3.63, 3.8) is 0 Å². The van der Waals surface area contributed by atoms with Gasteiger partial charge in [0, 0.05) is 30.3 Å². The number of ketones is 1. The topological polar surface area (TPSA) is 78.8 Å². The number of halogens is 7. The molecule has 0 aromatic heterocycles. The fourth-order valence-electron chi connectivity index (χ4n) is 6.57. The summed E-state index contributed by atoms with van der Waals surface area (Å²) >= 11 is 5.93. The Balaban J connectivity index is 1.38. The first kappa shape index (κ1) is 31.8. The van der Waals surface area contributed by atoms with E-state index >= 15 is 0 Å². The highest BCUT2D eigenvalue weighted by Crippen LogP contribution is 2.71. The van der Waals surface area contributed by atoms with Gasteiger partial charge in [-0.05, 0) is 69.4 Å². The summed E-state index contributed by atoms with van der Waals surface area (Å²) in [4.78, 5) is 17.5. The molecule has 1 heterocycles. The lowest BCUT2D eigenvalue weighted by atomic mass is 9.38. The minimum atomic E-state index is -4.66. The fraction of sp³-hybridized carbons (Fsp3) is 0.517. The van der Waals surface area contributed by atoms with E-state index in [1.54, 1.807) is 32.0 Å². The Kier molecular flexibility index (Phi) is 7.74. The van der Waals surface area contributed by atoms with Gasteiger partial charge in [0.1, 0.15) is 11.9 Å². The molecule has 3 saturated carbocycles. The highest BCUT2D eigenvalue weighted by Gasteiger charge is 2.75. The van der Waals surface area contributed by atoms with Crippen LogP contribution in [0, 0.1) is 5.41 Å². The van der Waals surface area contributed by atoms with E-state index in [-0.39, 0.29) is 24.3 Å². The lowest BCUT2D eigenvalue weighted by Crippen LogP contribution is -2.78. The van der Waals surface area contributed by atoms with Gasteiger partial charge in [-0.2, -0.15) is 30.6 Å². The molecular formula is C29H30ClF6N3O3S. The minimum absolute atomic E-state index is 0.0359. The van der Waals surface area contributed by atoms with Crippen LogP contribution in [-0.2, 0) is 27.5 Å². The SMILES string of the molecule is CC1(C)NC(C23CC(N(Cc4ccc(C(F)(F)F)c(Cl)c4)S(=O)(=O)c4ccccc4)(C2)C3)=N[C@H]1C(=O)CCCC(F)(F)F. The van der Waals surface area contributed by atoms with Crippen molar-refractivity contribution in [2.75, 3.05) is 0 Å². The number of hydrogen-bond acceptors (Lipinski definition) is 5. The van der Waals surface area contributed by atoms with E-state index in [0.717, 1.165) is 12.1 Å². The van der Waals surface area contributed by atoms with Gasteiger partial charge in [-0.3, -0.25) is 9.79 Å². The number of nitrogens with zero attached hydrogens (tertiary/aromatic N) is 2. The molecule has 4 aliphatic rings. The van der Waals surface area contributed by atoms with Crippen LogP contribution in [0.15, 0.2) is 58.4 Å². The molecule has 14 heteroatoms. The van der Waals surface area contributed by atoms with Gasteiger partial charge in [-0.15, -0.1) is 0 Å². The Hall–Kier alpha value is -2.64. The van der Waals surface area contributed by atoms with E-state index in [1.807, 2.05) is 0 Å². The standard InChI is InChI=1S/C29H30ClF6N3O3S/c1-25(2)23(22(40)9-6-12-28(31,32)33)37-24(38-25)26-15-27(16-26,17-26)39(43(41,42)19-7-4-3-5-8-19)14-18-10-11-20(21(30)13-18)29(34,35)36/h3-5,7-8,10-11,13,23H,6,9,12,14-17H2,1-2H3,(H,37,38)/t23-,26?,27?/m0/s1. The smallest absolute Gasteiger partial charge is 0.366 e. The summed E-state index contributed by atoms with van der Waals surface area (Å²) in [7, 11) is -4.09. The Labute approximate surface area is 250 Å². The quantitative estimate of drug-likeness (QED) is 0.284. The zero-order valence-corrected chi connectivity index (χ0v) is 24.9. The van der Waals surface area contributed by atoms with Gasteiger partial charge in [-0.1, -0.05) is 35.9 Å². The minimum Gasteiger partial charge on any atom is -0.366 e. The molecule has 0 radical (unpaired) electrons. The molecular weight excluding hydrogens is 620 g/mol. The van der Waals surface area contributed by atoms with Crippen LogP contribution in [0.3, 0.4) is 0 Å². The number of carbonyl (C=O) groups is 1. The fourth-order valence-corrected chi connectivity index (χ4v) is 8.66. The van der Waals surface area contributed by atoms with Gasteiger partial charge in [0.2, 0.25) is 10.0 Å². The van der Waals surface area contributed by atoms with E-state index in [2.05, 4.69) is 10.3 Å². The van der Waals surface area contributed by atoms with Crippen LogP contribution in [0.2, 0.25) is 5.02 Å². The molecule has 6 rings (SSSR count). The summed E-state index contributed by atoms with van der Waals surface area (Å²) in [5.41, 5.74) is -2.94. The van der Waals surface area contributed by atoms with Crippen molar-refractivity contribution in [2.45, 2.75) is 93.3 Å². The number of sulfonamides is 1. The molecule has 2 aromatic carbocycles. The molecule has 43 heavy (non-hydrogen) atoms. The molecule has 0 amide bonds. The number of hydrogen-bond donors (Lipinski definition) is 1. The average molecular weight is 650 g/mol. The molecule has 3 fully saturated rings. The lowest BCUT2D eigenvalue weighted by Gasteiger charge is -2.73. The molecule has 0 saturated heterocycles. The number of rotatable bonds is 10. The third kappa shape index (κ3) is 5.92. The van der Waals surface area contributed by atoms with E-state index < -0.39 is 67.7 Å². The second kappa shape index (κ2) is 10.5. The van der Waals surface area contributed by atoms with Crippen molar-refractivity contribution in [1.82, 2.24) is 9.62 Å². The predicted molar refractivity (Wildman–Crippen MR) is 148 cm³/mol. The van der Waals surface area contributed by atoms with E-state index in [4.69, 9.17) is 11.6 Å². The van der Waals surface area contributed by atoms with Crippen LogP contribution in [0.5, 0.6) is 0 Å². The maximum Gasteiger partial charge on any atom is 0.417 e. The van der Waals surface area contributed by atoms with Crippen molar-refractivity contribution in [3.8, 4) is 0 Å². The Morgan fingerprint density at radius 3 is 2.23 bits per heavy atom. The second-order valence-corrected chi connectivity index (χ2v) is 14.6. The van der Waals surface area contributed by atoms with E-state index in [0.29, 0.717) is 30.7 Å². The Bertz CT molecular complexity index is 1540. The lowest BCUT2D eigenvalue weighted by molar-refractivity contribution is -0.151. The van der Waals surface area contributed by atoms with Crippen LogP contribution in [0.1, 0.15) is 63.5 Å². The summed E-state index contributed by atoms with van der Waals surface area (Å²) in [6, 6.07) is 10.0. The summed E-state index contributed by atoms with van der Waals surface area (Å²) in [5.74, 6) is 0.133. The second-order valence-electron chi connectivity index (χ2n) is 12.3. The normalized spacial score (nSPS) is 26.4. The first-order chi connectivity index (χ1) is 19.8. The highest BCUT2D eigenvalue weighted by atomic mass is 35.5.